The summed E-state index contributed by atoms with van der Waals surface area (Å²) in [4.78, 5) is 4.00. The molecule has 0 aliphatic carbocycles. The average molecular weight is 187 g/mol. The highest BCUT2D eigenvalue weighted by Crippen LogP contribution is 2.19. The fraction of sp³-hybridized carbons (Fsp3) is 0.0833. The summed E-state index contributed by atoms with van der Waals surface area (Å²) in [6.45, 7) is 2.00. The Balaban J connectivity index is 2.50. The summed E-state index contributed by atoms with van der Waals surface area (Å²) < 4.78 is 13.3. The number of benzene rings is 1. The Morgan fingerprint density at radius 3 is 2.43 bits per heavy atom. The Hall–Kier alpha value is -1.70. The molecule has 1 aromatic heterocycles. The lowest BCUT2D eigenvalue weighted by Gasteiger charge is -2.01. The van der Waals surface area contributed by atoms with Crippen LogP contribution in [-0.4, -0.2) is 4.98 Å². The second-order valence-electron chi connectivity index (χ2n) is 3.20. The van der Waals surface area contributed by atoms with Crippen LogP contribution in [0, 0.1) is 12.7 Å². The van der Waals surface area contributed by atoms with E-state index in [0.717, 1.165) is 11.1 Å². The molecule has 0 fully saturated rings. The van der Waals surface area contributed by atoms with Crippen LogP contribution < -0.4 is 0 Å². The van der Waals surface area contributed by atoms with Gasteiger partial charge in [-0.25, -0.2) is 4.39 Å². The number of halogens is 1. The summed E-state index contributed by atoms with van der Waals surface area (Å²) in [5.74, 6) is -0.281. The summed E-state index contributed by atoms with van der Waals surface area (Å²) in [5.41, 5.74) is 2.38. The molecule has 0 spiro atoms. The molecule has 0 aliphatic heterocycles. The van der Waals surface area contributed by atoms with Gasteiger partial charge in [0.1, 0.15) is 11.5 Å². The summed E-state index contributed by atoms with van der Waals surface area (Å²) in [5, 5.41) is 0. The van der Waals surface area contributed by atoms with Gasteiger partial charge in [0.15, 0.2) is 0 Å². The number of aromatic nitrogens is 1. The Bertz CT molecular complexity index is 434. The van der Waals surface area contributed by atoms with E-state index in [9.17, 15) is 4.39 Å². The van der Waals surface area contributed by atoms with Crippen LogP contribution in [-0.2, 0) is 0 Å². The van der Waals surface area contributed by atoms with Crippen LogP contribution in [0.3, 0.4) is 0 Å². The molecule has 1 aromatic carbocycles. The van der Waals surface area contributed by atoms with Gasteiger partial charge >= 0.3 is 0 Å². The normalized spacial score (nSPS) is 10.1. The molecule has 0 aliphatic rings. The minimum absolute atomic E-state index is 0.281. The van der Waals surface area contributed by atoms with Crippen LogP contribution in [0.4, 0.5) is 4.39 Å². The van der Waals surface area contributed by atoms with Crippen LogP contribution in [0.2, 0.25) is 0 Å². The van der Waals surface area contributed by atoms with Gasteiger partial charge in [-0.15, -0.1) is 0 Å². The molecule has 1 heterocycles. The zero-order valence-electron chi connectivity index (χ0n) is 7.87. The maximum atomic E-state index is 13.3. The molecular formula is C12H10FN. The van der Waals surface area contributed by atoms with Crippen molar-refractivity contribution >= 4 is 0 Å². The first kappa shape index (κ1) is 8.88. The minimum atomic E-state index is -0.281. The van der Waals surface area contributed by atoms with E-state index in [2.05, 4.69) is 4.98 Å². The Kier molecular flexibility index (Phi) is 2.27. The molecule has 0 N–H and O–H groups in total. The highest BCUT2D eigenvalue weighted by atomic mass is 19.1. The molecule has 0 bridgehead atoms. The molecule has 0 saturated carbocycles. The lowest BCUT2D eigenvalue weighted by Crippen LogP contribution is -1.87. The molecule has 0 unspecified atom stereocenters. The van der Waals surface area contributed by atoms with E-state index < -0.39 is 0 Å². The third-order valence-electron chi connectivity index (χ3n) is 2.08. The van der Waals surface area contributed by atoms with Gasteiger partial charge < -0.3 is 0 Å². The highest BCUT2D eigenvalue weighted by Gasteiger charge is 2.04. The van der Waals surface area contributed by atoms with Gasteiger partial charge in [-0.3, -0.25) is 4.98 Å². The average Bonchev–Trinajstić information content (AvgIpc) is 2.20. The van der Waals surface area contributed by atoms with Crippen molar-refractivity contribution in [1.29, 1.82) is 0 Å². The summed E-state index contributed by atoms with van der Waals surface area (Å²) in [6, 6.07) is 10.7. The summed E-state index contributed by atoms with van der Waals surface area (Å²) in [7, 11) is 0. The molecule has 0 amide bonds. The van der Waals surface area contributed by atoms with Crippen molar-refractivity contribution < 1.29 is 4.39 Å². The van der Waals surface area contributed by atoms with Gasteiger partial charge in [0.2, 0.25) is 0 Å². The number of hydrogen-bond donors (Lipinski definition) is 0. The number of nitrogens with zero attached hydrogens (tertiary/aromatic N) is 1. The lowest BCUT2D eigenvalue weighted by molar-refractivity contribution is 0.626. The molecule has 14 heavy (non-hydrogen) atoms. The number of aryl methyl sites for hydroxylation is 1. The van der Waals surface area contributed by atoms with E-state index in [0.29, 0.717) is 5.69 Å². The van der Waals surface area contributed by atoms with Gasteiger partial charge in [-0.2, -0.15) is 0 Å². The molecule has 1 nitrogen and oxygen atoms in total. The predicted molar refractivity (Wildman–Crippen MR) is 54.4 cm³/mol. The van der Waals surface area contributed by atoms with Crippen LogP contribution >= 0.6 is 0 Å². The molecular weight excluding hydrogens is 177 g/mol. The predicted octanol–water partition coefficient (Wildman–Crippen LogP) is 3.20. The maximum Gasteiger partial charge on any atom is 0.149 e. The second-order valence-corrected chi connectivity index (χ2v) is 3.20. The van der Waals surface area contributed by atoms with Crippen LogP contribution in [0.25, 0.3) is 11.3 Å². The van der Waals surface area contributed by atoms with Crippen molar-refractivity contribution in [3.63, 3.8) is 0 Å². The molecule has 0 saturated heterocycles. The zero-order chi connectivity index (χ0) is 9.97. The van der Waals surface area contributed by atoms with Crippen LogP contribution in [0.1, 0.15) is 5.56 Å². The fourth-order valence-corrected chi connectivity index (χ4v) is 1.31. The Morgan fingerprint density at radius 2 is 1.79 bits per heavy atom. The van der Waals surface area contributed by atoms with E-state index >= 15 is 0 Å². The van der Waals surface area contributed by atoms with Crippen molar-refractivity contribution in [3.8, 4) is 11.3 Å². The third-order valence-corrected chi connectivity index (χ3v) is 2.08. The van der Waals surface area contributed by atoms with Crippen LogP contribution in [0.5, 0.6) is 0 Å². The first-order valence-electron chi connectivity index (χ1n) is 4.45. The highest BCUT2D eigenvalue weighted by molar-refractivity contribution is 5.59. The zero-order valence-corrected chi connectivity index (χ0v) is 7.87. The third kappa shape index (κ3) is 1.64. The van der Waals surface area contributed by atoms with Crippen molar-refractivity contribution in [2.75, 3.05) is 0 Å². The smallest absolute Gasteiger partial charge is 0.149 e. The van der Waals surface area contributed by atoms with Gasteiger partial charge in [0.05, 0.1) is 0 Å². The molecule has 70 valence electrons. The largest absolute Gasteiger partial charge is 0.253 e. The molecule has 2 rings (SSSR count). The topological polar surface area (TPSA) is 12.9 Å². The Morgan fingerprint density at radius 1 is 1.07 bits per heavy atom. The Labute approximate surface area is 82.2 Å². The number of hydrogen-bond acceptors (Lipinski definition) is 1. The summed E-state index contributed by atoms with van der Waals surface area (Å²) >= 11 is 0. The molecule has 2 aromatic rings. The van der Waals surface area contributed by atoms with Crippen LogP contribution in [0.15, 0.2) is 42.6 Å². The van der Waals surface area contributed by atoms with Gasteiger partial charge in [-0.05, 0) is 19.1 Å². The van der Waals surface area contributed by atoms with Crippen molar-refractivity contribution in [3.05, 3.63) is 54.0 Å². The van der Waals surface area contributed by atoms with Gasteiger partial charge in [-0.1, -0.05) is 29.8 Å². The summed E-state index contributed by atoms with van der Waals surface area (Å²) in [6.07, 6.45) is 1.60. The molecule has 0 atom stereocenters. The number of pyridine rings is 1. The van der Waals surface area contributed by atoms with Crippen molar-refractivity contribution in [2.24, 2.45) is 0 Å². The first-order chi connectivity index (χ1) is 6.77. The first-order valence-corrected chi connectivity index (χ1v) is 4.45. The van der Waals surface area contributed by atoms with E-state index in [1.807, 2.05) is 31.2 Å². The standard InChI is InChI=1S/C12H10FN/c1-9-4-6-10(7-5-9)12-11(13)3-2-8-14-12/h2-8H,1H3. The maximum absolute atomic E-state index is 13.3. The SMILES string of the molecule is Cc1ccc(-c2ncccc2F)cc1. The minimum Gasteiger partial charge on any atom is -0.253 e. The van der Waals surface area contributed by atoms with Crippen molar-refractivity contribution in [1.82, 2.24) is 4.98 Å². The quantitative estimate of drug-likeness (QED) is 0.668. The van der Waals surface area contributed by atoms with Gasteiger partial charge in [0, 0.05) is 11.8 Å². The monoisotopic (exact) mass is 187 g/mol. The van der Waals surface area contributed by atoms with E-state index in [1.165, 1.54) is 6.07 Å². The van der Waals surface area contributed by atoms with E-state index in [4.69, 9.17) is 0 Å². The van der Waals surface area contributed by atoms with E-state index in [1.54, 1.807) is 12.3 Å². The van der Waals surface area contributed by atoms with Gasteiger partial charge in [0.25, 0.3) is 0 Å². The van der Waals surface area contributed by atoms with Crippen molar-refractivity contribution in [2.45, 2.75) is 6.92 Å². The van der Waals surface area contributed by atoms with E-state index in [-0.39, 0.29) is 5.82 Å². The lowest BCUT2D eigenvalue weighted by atomic mass is 10.1. The fourth-order valence-electron chi connectivity index (χ4n) is 1.31. The molecule has 2 heteroatoms. The number of rotatable bonds is 1. The second kappa shape index (κ2) is 3.58. The molecule has 0 radical (unpaired) electrons.